The maximum absolute atomic E-state index is 11.1. The van der Waals surface area contributed by atoms with E-state index in [2.05, 4.69) is 40.5 Å². The van der Waals surface area contributed by atoms with E-state index in [1.807, 2.05) is 12.1 Å². The Hall–Kier alpha value is -1.18. The van der Waals surface area contributed by atoms with Gasteiger partial charge in [0.05, 0.1) is 19.8 Å². The van der Waals surface area contributed by atoms with E-state index >= 15 is 0 Å². The third kappa shape index (κ3) is 6.66. The Kier molecular flexibility index (Phi) is 8.75. The van der Waals surface area contributed by atoms with E-state index in [0.29, 0.717) is 0 Å². The molecule has 162 valence electrons. The molecule has 1 aliphatic heterocycles. The molecule has 2 aromatic heterocycles. The van der Waals surface area contributed by atoms with Crippen molar-refractivity contribution in [2.24, 2.45) is 0 Å². The summed E-state index contributed by atoms with van der Waals surface area (Å²) in [4.78, 5) is 4.91. The molecule has 3 rings (SSSR count). The van der Waals surface area contributed by atoms with Crippen LogP contribution in [-0.2, 0) is 23.4 Å². The number of hydrogen-bond donors (Lipinski definition) is 1. The van der Waals surface area contributed by atoms with Crippen molar-refractivity contribution >= 4 is 11.3 Å². The summed E-state index contributed by atoms with van der Waals surface area (Å²) in [5.41, 5.74) is 0.505. The van der Waals surface area contributed by atoms with Crippen LogP contribution < -0.4 is 0 Å². The molecule has 1 fully saturated rings. The van der Waals surface area contributed by atoms with Crippen molar-refractivity contribution in [3.63, 3.8) is 0 Å². The minimum Gasteiger partial charge on any atom is -0.462 e. The quantitative estimate of drug-likeness (QED) is 0.549. The number of rotatable bonds is 12. The molecule has 0 spiro atoms. The SMILES string of the molecule is CCCC(O)(CCC)c1ccc(CN(CCN2CCOCC2)Cc2ccsc2)o1. The number of morpholine rings is 1. The maximum Gasteiger partial charge on any atom is 0.135 e. The van der Waals surface area contributed by atoms with Gasteiger partial charge in [-0.05, 0) is 47.4 Å². The first-order valence-electron chi connectivity index (χ1n) is 11.0. The van der Waals surface area contributed by atoms with Crippen molar-refractivity contribution in [1.29, 1.82) is 0 Å². The molecule has 0 unspecified atom stereocenters. The molecule has 6 heteroatoms. The van der Waals surface area contributed by atoms with Crippen LogP contribution in [0, 0.1) is 0 Å². The van der Waals surface area contributed by atoms with Gasteiger partial charge < -0.3 is 14.3 Å². The predicted octanol–water partition coefficient (Wildman–Crippen LogP) is 4.46. The van der Waals surface area contributed by atoms with Gasteiger partial charge in [0.15, 0.2) is 0 Å². The summed E-state index contributed by atoms with van der Waals surface area (Å²) in [5, 5.41) is 15.4. The largest absolute Gasteiger partial charge is 0.462 e. The van der Waals surface area contributed by atoms with Crippen LogP contribution in [0.15, 0.2) is 33.4 Å². The van der Waals surface area contributed by atoms with E-state index < -0.39 is 5.60 Å². The van der Waals surface area contributed by atoms with Crippen molar-refractivity contribution in [2.45, 2.75) is 58.2 Å². The van der Waals surface area contributed by atoms with E-state index in [0.717, 1.165) is 89.7 Å². The van der Waals surface area contributed by atoms with Gasteiger partial charge in [-0.15, -0.1) is 0 Å². The molecule has 0 bridgehead atoms. The summed E-state index contributed by atoms with van der Waals surface area (Å²) in [6.45, 7) is 11.6. The maximum atomic E-state index is 11.1. The first-order chi connectivity index (χ1) is 14.1. The number of nitrogens with zero attached hydrogens (tertiary/aromatic N) is 2. The van der Waals surface area contributed by atoms with Crippen LogP contribution in [0.2, 0.25) is 0 Å². The van der Waals surface area contributed by atoms with E-state index in [4.69, 9.17) is 9.15 Å². The first kappa shape index (κ1) is 22.5. The lowest BCUT2D eigenvalue weighted by Crippen LogP contribution is -2.41. The van der Waals surface area contributed by atoms with Crippen LogP contribution in [0.25, 0.3) is 0 Å². The molecule has 3 heterocycles. The van der Waals surface area contributed by atoms with Gasteiger partial charge in [-0.25, -0.2) is 0 Å². The lowest BCUT2D eigenvalue weighted by atomic mass is 9.90. The van der Waals surface area contributed by atoms with Gasteiger partial charge in [0.2, 0.25) is 0 Å². The molecular weight excluding hydrogens is 384 g/mol. The highest BCUT2D eigenvalue weighted by atomic mass is 32.1. The van der Waals surface area contributed by atoms with E-state index in [1.54, 1.807) is 11.3 Å². The van der Waals surface area contributed by atoms with Gasteiger partial charge in [0, 0.05) is 32.7 Å². The van der Waals surface area contributed by atoms with Crippen LogP contribution in [0.5, 0.6) is 0 Å². The van der Waals surface area contributed by atoms with Crippen molar-refractivity contribution in [3.05, 3.63) is 46.0 Å². The minimum atomic E-state index is -0.840. The number of ether oxygens (including phenoxy) is 1. The zero-order chi connectivity index (χ0) is 20.5. The zero-order valence-electron chi connectivity index (χ0n) is 17.9. The third-order valence-electron chi connectivity index (χ3n) is 5.65. The van der Waals surface area contributed by atoms with E-state index in [9.17, 15) is 5.11 Å². The summed E-state index contributed by atoms with van der Waals surface area (Å²) >= 11 is 1.74. The number of hydrogen-bond acceptors (Lipinski definition) is 6. The Labute approximate surface area is 179 Å². The highest BCUT2D eigenvalue weighted by Gasteiger charge is 2.31. The highest BCUT2D eigenvalue weighted by molar-refractivity contribution is 7.07. The molecule has 1 aliphatic rings. The Morgan fingerprint density at radius 1 is 1.10 bits per heavy atom. The monoisotopic (exact) mass is 420 g/mol. The Morgan fingerprint density at radius 2 is 1.86 bits per heavy atom. The predicted molar refractivity (Wildman–Crippen MR) is 118 cm³/mol. The van der Waals surface area contributed by atoms with Gasteiger partial charge in [-0.1, -0.05) is 26.7 Å². The van der Waals surface area contributed by atoms with Gasteiger partial charge >= 0.3 is 0 Å². The van der Waals surface area contributed by atoms with Gasteiger partial charge in [-0.3, -0.25) is 9.80 Å². The molecule has 0 atom stereocenters. The lowest BCUT2D eigenvalue weighted by molar-refractivity contribution is -0.00537. The van der Waals surface area contributed by atoms with Crippen molar-refractivity contribution in [3.8, 4) is 0 Å². The number of aliphatic hydroxyl groups is 1. The molecule has 0 saturated carbocycles. The van der Waals surface area contributed by atoms with Crippen LogP contribution in [0.4, 0.5) is 0 Å². The standard InChI is InChI=1S/C23H36N2O3S/c1-3-8-23(26,9-4-2)22-6-5-21(28-22)18-25(17-20-7-16-29-19-20)11-10-24-12-14-27-15-13-24/h5-7,16,19,26H,3-4,8-15,17-18H2,1-2H3. The molecule has 0 amide bonds. The number of thiophene rings is 1. The molecule has 1 saturated heterocycles. The van der Waals surface area contributed by atoms with Gasteiger partial charge in [0.1, 0.15) is 17.1 Å². The molecule has 5 nitrogen and oxygen atoms in total. The molecule has 0 radical (unpaired) electrons. The fourth-order valence-corrected chi connectivity index (χ4v) is 4.75. The van der Waals surface area contributed by atoms with Gasteiger partial charge in [-0.2, -0.15) is 11.3 Å². The average Bonchev–Trinajstić information content (AvgIpc) is 3.40. The summed E-state index contributed by atoms with van der Waals surface area (Å²) < 4.78 is 11.6. The Bertz CT molecular complexity index is 689. The van der Waals surface area contributed by atoms with Gasteiger partial charge in [0.25, 0.3) is 0 Å². The topological polar surface area (TPSA) is 49.1 Å². The zero-order valence-corrected chi connectivity index (χ0v) is 18.8. The van der Waals surface area contributed by atoms with Crippen molar-refractivity contribution in [2.75, 3.05) is 39.4 Å². The summed E-state index contributed by atoms with van der Waals surface area (Å²) in [7, 11) is 0. The minimum absolute atomic E-state index is 0.722. The van der Waals surface area contributed by atoms with Crippen LogP contribution >= 0.6 is 11.3 Å². The van der Waals surface area contributed by atoms with Crippen molar-refractivity contribution < 1.29 is 14.3 Å². The molecular formula is C23H36N2O3S. The van der Waals surface area contributed by atoms with Crippen LogP contribution in [0.1, 0.15) is 56.6 Å². The normalized spacial score (nSPS) is 16.0. The van der Waals surface area contributed by atoms with E-state index in [1.165, 1.54) is 5.56 Å². The second kappa shape index (κ2) is 11.3. The fourth-order valence-electron chi connectivity index (χ4n) is 4.09. The molecule has 0 aromatic carbocycles. The smallest absolute Gasteiger partial charge is 0.135 e. The molecule has 1 N–H and O–H groups in total. The van der Waals surface area contributed by atoms with Crippen LogP contribution in [-0.4, -0.2) is 54.3 Å². The lowest BCUT2D eigenvalue weighted by Gasteiger charge is -2.29. The molecule has 0 aliphatic carbocycles. The average molecular weight is 421 g/mol. The summed E-state index contributed by atoms with van der Waals surface area (Å²) in [6.07, 6.45) is 3.36. The molecule has 29 heavy (non-hydrogen) atoms. The fraction of sp³-hybridized carbons (Fsp3) is 0.652. The highest BCUT2D eigenvalue weighted by Crippen LogP contribution is 2.33. The summed E-state index contributed by atoms with van der Waals surface area (Å²) in [6, 6.07) is 6.22. The molecule has 2 aromatic rings. The Balaban J connectivity index is 1.65. The van der Waals surface area contributed by atoms with Crippen LogP contribution in [0.3, 0.4) is 0 Å². The first-order valence-corrected chi connectivity index (χ1v) is 11.9. The van der Waals surface area contributed by atoms with Crippen molar-refractivity contribution in [1.82, 2.24) is 9.80 Å². The van der Waals surface area contributed by atoms with E-state index in [-0.39, 0.29) is 0 Å². The second-order valence-electron chi connectivity index (χ2n) is 8.09. The second-order valence-corrected chi connectivity index (χ2v) is 8.87. The number of furan rings is 1. The summed E-state index contributed by atoms with van der Waals surface area (Å²) in [5.74, 6) is 1.66. The Morgan fingerprint density at radius 3 is 2.52 bits per heavy atom. The third-order valence-corrected chi connectivity index (χ3v) is 6.38.